The van der Waals surface area contributed by atoms with Crippen molar-refractivity contribution in [3.8, 4) is 17.2 Å². The van der Waals surface area contributed by atoms with Gasteiger partial charge >= 0.3 is 5.97 Å². The van der Waals surface area contributed by atoms with Crippen molar-refractivity contribution in [1.29, 1.82) is 0 Å². The van der Waals surface area contributed by atoms with Crippen LogP contribution in [0.5, 0.6) is 17.2 Å². The number of benzene rings is 2. The number of nitrogens with zero attached hydrogens (tertiary/aromatic N) is 3. The Balaban J connectivity index is 1.72. The SMILES string of the molecule is CCOC(=O)c1c(C(=O)c2cc3c(cc2N)OCO3)nnn1Cc1ccc(OC)cc1. The molecule has 0 aliphatic carbocycles. The number of anilines is 1. The number of fused-ring (bicyclic) bond motifs is 1. The first-order valence-corrected chi connectivity index (χ1v) is 9.49. The van der Waals surface area contributed by atoms with Crippen molar-refractivity contribution in [3.05, 3.63) is 58.9 Å². The summed E-state index contributed by atoms with van der Waals surface area (Å²) < 4.78 is 22.2. The molecular weight excluding hydrogens is 404 g/mol. The number of ketones is 1. The predicted octanol–water partition coefficient (Wildman–Crippen LogP) is 2.05. The Hall–Kier alpha value is -4.08. The van der Waals surface area contributed by atoms with Crippen LogP contribution in [0.25, 0.3) is 0 Å². The first-order chi connectivity index (χ1) is 15.0. The number of nitrogens with two attached hydrogens (primary N) is 1. The van der Waals surface area contributed by atoms with Gasteiger partial charge in [0, 0.05) is 11.8 Å². The average molecular weight is 424 g/mol. The van der Waals surface area contributed by atoms with Gasteiger partial charge in [0.2, 0.25) is 12.6 Å². The van der Waals surface area contributed by atoms with Crippen LogP contribution in [-0.2, 0) is 11.3 Å². The van der Waals surface area contributed by atoms with E-state index in [1.54, 1.807) is 26.2 Å². The summed E-state index contributed by atoms with van der Waals surface area (Å²) in [6.45, 7) is 2.05. The van der Waals surface area contributed by atoms with Crippen molar-refractivity contribution in [1.82, 2.24) is 15.0 Å². The molecule has 10 nitrogen and oxygen atoms in total. The Bertz CT molecular complexity index is 1140. The Morgan fingerprint density at radius 2 is 1.87 bits per heavy atom. The first-order valence-electron chi connectivity index (χ1n) is 9.49. The molecule has 0 saturated heterocycles. The standard InChI is InChI=1S/C21H20N4O6/c1-3-29-21(27)19-18(20(26)14-8-16-17(9-15(14)22)31-11-30-16)23-24-25(19)10-12-4-6-13(28-2)7-5-12/h4-9H,3,10-11,22H2,1-2H3. The van der Waals surface area contributed by atoms with Crippen molar-refractivity contribution >= 4 is 17.4 Å². The molecule has 10 heteroatoms. The lowest BCUT2D eigenvalue weighted by Crippen LogP contribution is -2.18. The summed E-state index contributed by atoms with van der Waals surface area (Å²) in [6.07, 6.45) is 0. The topological polar surface area (TPSA) is 128 Å². The molecule has 0 amide bonds. The molecule has 1 aromatic heterocycles. The fourth-order valence-corrected chi connectivity index (χ4v) is 3.16. The smallest absolute Gasteiger partial charge is 0.359 e. The minimum absolute atomic E-state index is 0.0402. The second-order valence-electron chi connectivity index (χ2n) is 6.63. The van der Waals surface area contributed by atoms with Gasteiger partial charge in [-0.15, -0.1) is 5.10 Å². The van der Waals surface area contributed by atoms with E-state index in [2.05, 4.69) is 10.3 Å². The second kappa shape index (κ2) is 8.34. The fraction of sp³-hybridized carbons (Fsp3) is 0.238. The van der Waals surface area contributed by atoms with Crippen LogP contribution in [0, 0.1) is 0 Å². The summed E-state index contributed by atoms with van der Waals surface area (Å²) in [5.41, 5.74) is 6.96. The minimum atomic E-state index is -0.705. The quantitative estimate of drug-likeness (QED) is 0.344. The van der Waals surface area contributed by atoms with Gasteiger partial charge in [-0.3, -0.25) is 4.79 Å². The van der Waals surface area contributed by atoms with Gasteiger partial charge in [0.1, 0.15) is 5.75 Å². The highest BCUT2D eigenvalue weighted by atomic mass is 16.7. The molecule has 2 aromatic carbocycles. The molecule has 0 radical (unpaired) electrons. The maximum absolute atomic E-state index is 13.2. The third-order valence-corrected chi connectivity index (χ3v) is 4.70. The van der Waals surface area contributed by atoms with Gasteiger partial charge in [-0.05, 0) is 30.7 Å². The zero-order valence-electron chi connectivity index (χ0n) is 17.0. The highest BCUT2D eigenvalue weighted by Crippen LogP contribution is 2.36. The summed E-state index contributed by atoms with van der Waals surface area (Å²) in [5, 5.41) is 7.99. The predicted molar refractivity (Wildman–Crippen MR) is 108 cm³/mol. The summed E-state index contributed by atoms with van der Waals surface area (Å²) in [4.78, 5) is 25.9. The van der Waals surface area contributed by atoms with Gasteiger partial charge in [0.05, 0.1) is 25.8 Å². The van der Waals surface area contributed by atoms with Crippen molar-refractivity contribution in [2.45, 2.75) is 13.5 Å². The summed E-state index contributed by atoms with van der Waals surface area (Å²) >= 11 is 0. The molecule has 0 atom stereocenters. The molecule has 0 unspecified atom stereocenters. The number of methoxy groups -OCH3 is 1. The third-order valence-electron chi connectivity index (χ3n) is 4.70. The lowest BCUT2D eigenvalue weighted by atomic mass is 10.0. The number of hydrogen-bond donors (Lipinski definition) is 1. The van der Waals surface area contributed by atoms with Crippen LogP contribution in [0.1, 0.15) is 39.0 Å². The van der Waals surface area contributed by atoms with Crippen LogP contribution in [0.2, 0.25) is 0 Å². The van der Waals surface area contributed by atoms with E-state index in [1.807, 2.05) is 12.1 Å². The van der Waals surface area contributed by atoms with Gasteiger partial charge in [-0.2, -0.15) is 0 Å². The molecule has 31 heavy (non-hydrogen) atoms. The van der Waals surface area contributed by atoms with Crippen LogP contribution in [0.15, 0.2) is 36.4 Å². The molecule has 1 aliphatic heterocycles. The number of rotatable bonds is 7. The molecule has 0 spiro atoms. The van der Waals surface area contributed by atoms with Crippen LogP contribution in [0.3, 0.4) is 0 Å². The summed E-state index contributed by atoms with van der Waals surface area (Å²) in [5.74, 6) is 0.259. The maximum Gasteiger partial charge on any atom is 0.359 e. The number of ether oxygens (including phenoxy) is 4. The van der Waals surface area contributed by atoms with E-state index in [-0.39, 0.29) is 42.6 Å². The largest absolute Gasteiger partial charge is 0.497 e. The molecular formula is C21H20N4O6. The van der Waals surface area contributed by atoms with Crippen LogP contribution < -0.4 is 19.9 Å². The van der Waals surface area contributed by atoms with Crippen molar-refractivity contribution in [3.63, 3.8) is 0 Å². The van der Waals surface area contributed by atoms with E-state index in [0.717, 1.165) is 5.56 Å². The number of aromatic nitrogens is 3. The van der Waals surface area contributed by atoms with Gasteiger partial charge < -0.3 is 24.7 Å². The number of esters is 1. The van der Waals surface area contributed by atoms with E-state index in [1.165, 1.54) is 16.8 Å². The van der Waals surface area contributed by atoms with Gasteiger partial charge in [-0.25, -0.2) is 9.48 Å². The van der Waals surface area contributed by atoms with Gasteiger partial charge in [0.15, 0.2) is 22.9 Å². The van der Waals surface area contributed by atoms with Crippen LogP contribution in [-0.4, -0.2) is 47.3 Å². The van der Waals surface area contributed by atoms with Gasteiger partial charge in [0.25, 0.3) is 0 Å². The number of nitrogen functional groups attached to an aromatic ring is 1. The molecule has 0 bridgehead atoms. The Morgan fingerprint density at radius 3 is 2.55 bits per heavy atom. The van der Waals surface area contributed by atoms with Crippen molar-refractivity contribution < 1.29 is 28.5 Å². The Labute approximate surface area is 177 Å². The molecule has 1 aliphatic rings. The third kappa shape index (κ3) is 3.87. The Kier molecular flexibility index (Phi) is 5.44. The number of carbonyl (C=O) groups excluding carboxylic acids is 2. The zero-order chi connectivity index (χ0) is 22.0. The monoisotopic (exact) mass is 424 g/mol. The normalized spacial score (nSPS) is 11.9. The first kappa shape index (κ1) is 20.2. The van der Waals surface area contributed by atoms with E-state index in [9.17, 15) is 9.59 Å². The Morgan fingerprint density at radius 1 is 1.16 bits per heavy atom. The lowest BCUT2D eigenvalue weighted by Gasteiger charge is -2.09. The molecule has 0 saturated carbocycles. The summed E-state index contributed by atoms with van der Waals surface area (Å²) in [7, 11) is 1.57. The van der Waals surface area contributed by atoms with E-state index in [4.69, 9.17) is 24.7 Å². The minimum Gasteiger partial charge on any atom is -0.497 e. The zero-order valence-corrected chi connectivity index (χ0v) is 17.0. The van der Waals surface area contributed by atoms with Crippen molar-refractivity contribution in [2.75, 3.05) is 26.2 Å². The maximum atomic E-state index is 13.2. The van der Waals surface area contributed by atoms with E-state index in [0.29, 0.717) is 17.2 Å². The molecule has 4 rings (SSSR count). The molecule has 2 heterocycles. The van der Waals surface area contributed by atoms with Gasteiger partial charge in [-0.1, -0.05) is 17.3 Å². The fourth-order valence-electron chi connectivity index (χ4n) is 3.16. The van der Waals surface area contributed by atoms with E-state index >= 15 is 0 Å². The summed E-state index contributed by atoms with van der Waals surface area (Å²) in [6, 6.07) is 10.2. The van der Waals surface area contributed by atoms with Crippen molar-refractivity contribution in [2.24, 2.45) is 0 Å². The highest BCUT2D eigenvalue weighted by Gasteiger charge is 2.30. The molecule has 0 fully saturated rings. The molecule has 2 N–H and O–H groups in total. The highest BCUT2D eigenvalue weighted by molar-refractivity contribution is 6.15. The second-order valence-corrected chi connectivity index (χ2v) is 6.63. The molecule has 3 aromatic rings. The number of hydrogen-bond acceptors (Lipinski definition) is 9. The number of carbonyl (C=O) groups is 2. The van der Waals surface area contributed by atoms with Crippen LogP contribution in [0.4, 0.5) is 5.69 Å². The van der Waals surface area contributed by atoms with Crippen LogP contribution >= 0.6 is 0 Å². The lowest BCUT2D eigenvalue weighted by molar-refractivity contribution is 0.0509. The van der Waals surface area contributed by atoms with E-state index < -0.39 is 11.8 Å². The molecule has 160 valence electrons. The average Bonchev–Trinajstić information content (AvgIpc) is 3.40.